The van der Waals surface area contributed by atoms with E-state index in [0.717, 1.165) is 0 Å². The number of hydrogen-bond donors (Lipinski definition) is 1. The van der Waals surface area contributed by atoms with Crippen LogP contribution in [0.2, 0.25) is 1.41 Å². The molecule has 0 saturated heterocycles. The van der Waals surface area contributed by atoms with Gasteiger partial charge in [-0.1, -0.05) is 0 Å². The molecular formula is C4H9Cl2N. The maximum atomic E-state index is 7.15. The Bertz CT molecular complexity index is 229. The molecule has 0 aromatic carbocycles. The summed E-state index contributed by atoms with van der Waals surface area (Å²) in [6.45, 7) is -6.53. The van der Waals surface area contributed by atoms with Crippen LogP contribution in [-0.2, 0) is 0 Å². The predicted molar refractivity (Wildman–Crippen MR) is 34.3 cm³/mol. The second-order valence-corrected chi connectivity index (χ2v) is 0.902. The van der Waals surface area contributed by atoms with Crippen LogP contribution in [0.5, 0.6) is 0 Å². The van der Waals surface area contributed by atoms with Crippen molar-refractivity contribution in [3.63, 3.8) is 0 Å². The molecule has 0 heterocycles. The molecule has 1 N–H and O–H groups in total. The lowest BCUT2D eigenvalue weighted by atomic mass is 10.7. The second kappa shape index (κ2) is 6.54. The molecule has 7 heavy (non-hydrogen) atoms. The van der Waals surface area contributed by atoms with Crippen molar-refractivity contribution in [3.05, 3.63) is 0 Å². The number of alkyl halides is 2. The number of hydrogen-bond acceptors (Lipinski definition) is 1. The van der Waals surface area contributed by atoms with Crippen molar-refractivity contribution >= 4 is 23.2 Å². The van der Waals surface area contributed by atoms with Gasteiger partial charge in [-0.2, -0.15) is 0 Å². The van der Waals surface area contributed by atoms with Gasteiger partial charge in [-0.3, -0.25) is 0 Å². The van der Waals surface area contributed by atoms with Crippen LogP contribution in [0.3, 0.4) is 0 Å². The van der Waals surface area contributed by atoms with Crippen LogP contribution < -0.4 is 5.31 Å². The number of rotatable bonds is 4. The molecule has 0 aliphatic rings. The number of halogens is 2. The Kier molecular flexibility index (Phi) is 1.25. The molecule has 0 atom stereocenters. The molecule has 1 nitrogen and oxygen atoms in total. The monoisotopic (exact) mass is 150 g/mol. The van der Waals surface area contributed by atoms with E-state index in [4.69, 9.17) is 35.6 Å². The van der Waals surface area contributed by atoms with Crippen molar-refractivity contribution in [3.8, 4) is 0 Å². The third kappa shape index (κ3) is 6.54. The zero-order valence-corrected chi connectivity index (χ0v) is 4.72. The largest absolute Gasteiger partial charge is 0.314 e. The van der Waals surface area contributed by atoms with Gasteiger partial charge in [0.15, 0.2) is 0 Å². The molecule has 0 fully saturated rings. The molecule has 0 aromatic rings. The topological polar surface area (TPSA) is 12.0 Å². The molecule has 0 aliphatic carbocycles. The van der Waals surface area contributed by atoms with Crippen LogP contribution in [0.4, 0.5) is 0 Å². The molecule has 0 aliphatic heterocycles. The standard InChI is InChI=1S/C4H9Cl2N/c5-1-3-7-4-2-6/h7H,1-4H2/i1D2,2D2,3D2,4D2/hD. The van der Waals surface area contributed by atoms with Crippen molar-refractivity contribution < 1.29 is 12.4 Å². The smallest absolute Gasteiger partial charge is 0.122 e. The van der Waals surface area contributed by atoms with Crippen LogP contribution in [-0.4, -0.2) is 24.7 Å². The lowest BCUT2D eigenvalue weighted by Crippen LogP contribution is -2.18. The first-order valence-electron chi connectivity index (χ1n) is 5.77. The van der Waals surface area contributed by atoms with Crippen molar-refractivity contribution in [2.24, 2.45) is 0 Å². The molecular weight excluding hydrogens is 133 g/mol. The third-order valence-corrected chi connectivity index (χ3v) is 0.365. The quantitative estimate of drug-likeness (QED) is 0.592. The van der Waals surface area contributed by atoms with Gasteiger partial charge in [0.1, 0.15) is 1.41 Å². The molecule has 0 unspecified atom stereocenters. The van der Waals surface area contributed by atoms with E-state index < -0.39 is 30.0 Å². The first-order valence-corrected chi connectivity index (χ1v) is 2.08. The van der Waals surface area contributed by atoms with Gasteiger partial charge >= 0.3 is 0 Å². The normalized spacial score (nSPS) is 37.3. The van der Waals surface area contributed by atoms with Crippen molar-refractivity contribution in [1.82, 2.24) is 5.31 Å². The molecule has 44 valence electrons. The van der Waals surface area contributed by atoms with E-state index in [1.165, 1.54) is 0 Å². The van der Waals surface area contributed by atoms with Crippen molar-refractivity contribution in [2.45, 2.75) is 0 Å². The van der Waals surface area contributed by atoms with E-state index in [9.17, 15) is 0 Å². The van der Waals surface area contributed by atoms with Gasteiger partial charge in [-0.15, -0.1) is 23.2 Å². The maximum Gasteiger partial charge on any atom is 0.122 e. The Morgan fingerprint density at radius 2 is 1.86 bits per heavy atom. The fraction of sp³-hybridized carbons (Fsp3) is 1.00. The van der Waals surface area contributed by atoms with Crippen molar-refractivity contribution in [1.29, 1.82) is 0 Å². The predicted octanol–water partition coefficient (Wildman–Crippen LogP) is 1.05. The van der Waals surface area contributed by atoms with Crippen molar-refractivity contribution in [2.75, 3.05) is 24.7 Å². The number of nitrogens with one attached hydrogen (secondary N) is 1. The minimum atomic E-state index is -3.26. The second-order valence-electron chi connectivity index (χ2n) is 0.524. The highest BCUT2D eigenvalue weighted by atomic mass is 35.5. The van der Waals surface area contributed by atoms with Crippen LogP contribution in [0, 0.1) is 0 Å². The van der Waals surface area contributed by atoms with Crippen LogP contribution >= 0.6 is 23.2 Å². The minimum Gasteiger partial charge on any atom is -0.314 e. The first kappa shape index (κ1) is 1.34. The fourth-order valence-corrected chi connectivity index (χ4v) is 0.155. The van der Waals surface area contributed by atoms with Gasteiger partial charge in [-0.25, -0.2) is 0 Å². The van der Waals surface area contributed by atoms with Gasteiger partial charge in [0, 0.05) is 35.6 Å². The molecule has 3 heteroatoms. The average Bonchev–Trinajstić information content (AvgIpc) is 1.98. The summed E-state index contributed by atoms with van der Waals surface area (Å²) in [4.78, 5) is 0. The summed E-state index contributed by atoms with van der Waals surface area (Å²) in [5.41, 5.74) is 0. The zero-order valence-electron chi connectivity index (χ0n) is 12.2. The minimum absolute atomic E-state index is 0.556. The molecule has 0 amide bonds. The summed E-state index contributed by atoms with van der Waals surface area (Å²) in [6.07, 6.45) is 0. The molecule has 0 bridgehead atoms. The lowest BCUT2D eigenvalue weighted by molar-refractivity contribution is 0.770. The van der Waals surface area contributed by atoms with E-state index in [2.05, 4.69) is 0 Å². The average molecular weight is 151 g/mol. The highest BCUT2D eigenvalue weighted by Crippen LogP contribution is 1.71. The fourth-order valence-electron chi connectivity index (χ4n) is 0.0702. The van der Waals surface area contributed by atoms with E-state index in [-0.39, 0.29) is 0 Å². The van der Waals surface area contributed by atoms with Gasteiger partial charge in [0.25, 0.3) is 0 Å². The summed E-state index contributed by atoms with van der Waals surface area (Å²) in [5.74, 6) is -6.16. The van der Waals surface area contributed by atoms with Crippen LogP contribution in [0.1, 0.15) is 11.0 Å². The summed E-state index contributed by atoms with van der Waals surface area (Å²) < 4.78 is 63.4. The molecule has 0 radical (unpaired) electrons. The Hall–Kier alpha value is 0.540. The zero-order chi connectivity index (χ0) is 13.6. The van der Waals surface area contributed by atoms with E-state index >= 15 is 0 Å². The Morgan fingerprint density at radius 3 is 2.14 bits per heavy atom. The maximum absolute atomic E-state index is 7.15. The van der Waals surface area contributed by atoms with Gasteiger partial charge < -0.3 is 5.31 Å². The van der Waals surface area contributed by atoms with E-state index in [1.807, 2.05) is 0 Å². The SMILES string of the molecule is [2H]N(C([2H])([2H])C([2H])([2H])Cl)C([2H])([2H])C([2H])([2H])Cl. The Labute approximate surface area is 66.7 Å². The molecule has 0 rings (SSSR count). The summed E-state index contributed by atoms with van der Waals surface area (Å²) in [6, 6.07) is 0. The molecule has 0 aromatic heterocycles. The molecule has 0 saturated carbocycles. The third-order valence-electron chi connectivity index (χ3n) is 0.196. The van der Waals surface area contributed by atoms with Crippen LogP contribution in [0.25, 0.3) is 0 Å². The summed E-state index contributed by atoms with van der Waals surface area (Å²) in [5, 5.41) is -0.556. The van der Waals surface area contributed by atoms with Gasteiger partial charge in [0.2, 0.25) is 0 Å². The first-order chi connectivity index (χ1) is 6.65. The van der Waals surface area contributed by atoms with Gasteiger partial charge in [-0.05, 0) is 0 Å². The Morgan fingerprint density at radius 1 is 1.43 bits per heavy atom. The van der Waals surface area contributed by atoms with Crippen LogP contribution in [0.15, 0.2) is 0 Å². The highest BCUT2D eigenvalue weighted by molar-refractivity contribution is 6.18. The molecule has 0 spiro atoms. The summed E-state index contributed by atoms with van der Waals surface area (Å²) >= 11 is 10.1. The van der Waals surface area contributed by atoms with E-state index in [1.54, 1.807) is 0 Å². The Balaban J connectivity index is 5.30. The van der Waals surface area contributed by atoms with E-state index in [0.29, 0.717) is 0 Å². The lowest BCUT2D eigenvalue weighted by Gasteiger charge is -1.93. The highest BCUT2D eigenvalue weighted by Gasteiger charge is 1.78. The van der Waals surface area contributed by atoms with Gasteiger partial charge in [0.05, 0.1) is 0 Å². The summed E-state index contributed by atoms with van der Waals surface area (Å²) in [7, 11) is 0.